The van der Waals surface area contributed by atoms with E-state index in [2.05, 4.69) is 58.7 Å². The number of benzene rings is 1. The second-order valence-corrected chi connectivity index (χ2v) is 8.20. The van der Waals surface area contributed by atoms with Gasteiger partial charge in [0.15, 0.2) is 5.96 Å². The van der Waals surface area contributed by atoms with E-state index in [-0.39, 0.29) is 24.0 Å². The largest absolute Gasteiger partial charge is 0.379 e. The first kappa shape index (κ1) is 25.4. The lowest BCUT2D eigenvalue weighted by molar-refractivity contribution is 0.0341. The van der Waals surface area contributed by atoms with Gasteiger partial charge < -0.3 is 20.3 Å². The maximum Gasteiger partial charge on any atom is 0.191 e. The Morgan fingerprint density at radius 3 is 2.53 bits per heavy atom. The molecule has 0 aromatic heterocycles. The summed E-state index contributed by atoms with van der Waals surface area (Å²) in [6, 6.07) is 9.45. The van der Waals surface area contributed by atoms with Crippen LogP contribution < -0.4 is 10.6 Å². The van der Waals surface area contributed by atoms with Gasteiger partial charge in [0, 0.05) is 45.3 Å². The molecule has 2 fully saturated rings. The van der Waals surface area contributed by atoms with Gasteiger partial charge >= 0.3 is 0 Å². The number of halogens is 1. The van der Waals surface area contributed by atoms with E-state index in [9.17, 15) is 0 Å². The normalized spacial score (nSPS) is 18.4. The fraction of sp³-hybridized carbons (Fsp3) is 0.696. The van der Waals surface area contributed by atoms with Crippen LogP contribution in [0.15, 0.2) is 29.3 Å². The summed E-state index contributed by atoms with van der Waals surface area (Å²) < 4.78 is 5.48. The van der Waals surface area contributed by atoms with Crippen LogP contribution >= 0.6 is 24.0 Å². The molecule has 1 aliphatic heterocycles. The zero-order valence-corrected chi connectivity index (χ0v) is 21.1. The topological polar surface area (TPSA) is 52.1 Å². The van der Waals surface area contributed by atoms with Crippen LogP contribution in [-0.2, 0) is 17.8 Å². The van der Waals surface area contributed by atoms with Gasteiger partial charge in [-0.05, 0) is 37.9 Å². The molecule has 1 aliphatic carbocycles. The van der Waals surface area contributed by atoms with Crippen LogP contribution in [0, 0.1) is 0 Å². The van der Waals surface area contributed by atoms with E-state index in [1.165, 1.54) is 36.8 Å². The van der Waals surface area contributed by atoms with Crippen molar-refractivity contribution in [3.63, 3.8) is 0 Å². The second-order valence-electron chi connectivity index (χ2n) is 8.20. The van der Waals surface area contributed by atoms with E-state index < -0.39 is 0 Å². The van der Waals surface area contributed by atoms with Gasteiger partial charge in [-0.15, -0.1) is 24.0 Å². The van der Waals surface area contributed by atoms with E-state index in [0.717, 1.165) is 64.5 Å². The lowest BCUT2D eigenvalue weighted by Gasteiger charge is -2.27. The van der Waals surface area contributed by atoms with Crippen molar-refractivity contribution in [3.05, 3.63) is 35.4 Å². The first-order valence-electron chi connectivity index (χ1n) is 11.4. The average molecular weight is 530 g/mol. The smallest absolute Gasteiger partial charge is 0.191 e. The number of aliphatic imine (C=N–C) groups is 1. The van der Waals surface area contributed by atoms with E-state index in [0.29, 0.717) is 6.54 Å². The van der Waals surface area contributed by atoms with Crippen molar-refractivity contribution >= 4 is 29.9 Å². The molecule has 1 heterocycles. The second kappa shape index (κ2) is 14.2. The molecule has 1 aromatic rings. The quantitative estimate of drug-likeness (QED) is 0.293. The Kier molecular flexibility index (Phi) is 12.0. The van der Waals surface area contributed by atoms with Crippen LogP contribution in [0.1, 0.15) is 43.7 Å². The lowest BCUT2D eigenvalue weighted by Crippen LogP contribution is -2.42. The maximum atomic E-state index is 5.48. The number of hydrogen-bond acceptors (Lipinski definition) is 4. The minimum Gasteiger partial charge on any atom is -0.379 e. The van der Waals surface area contributed by atoms with Gasteiger partial charge in [-0.25, -0.2) is 4.99 Å². The van der Waals surface area contributed by atoms with Gasteiger partial charge in [0.2, 0.25) is 0 Å². The molecule has 0 radical (unpaired) electrons. The molecule has 30 heavy (non-hydrogen) atoms. The van der Waals surface area contributed by atoms with Crippen molar-refractivity contribution in [2.24, 2.45) is 4.99 Å². The van der Waals surface area contributed by atoms with Gasteiger partial charge in [-0.2, -0.15) is 0 Å². The summed E-state index contributed by atoms with van der Waals surface area (Å²) in [7, 11) is 2.25. The molecular weight excluding hydrogens is 489 g/mol. The predicted molar refractivity (Wildman–Crippen MR) is 136 cm³/mol. The lowest BCUT2D eigenvalue weighted by atomic mass is 10.1. The summed E-state index contributed by atoms with van der Waals surface area (Å²) in [5, 5.41) is 6.91. The van der Waals surface area contributed by atoms with E-state index in [4.69, 9.17) is 9.73 Å². The molecule has 0 spiro atoms. The summed E-state index contributed by atoms with van der Waals surface area (Å²) in [5.41, 5.74) is 2.68. The SMILES string of the molecule is CCNC(=NCc1ccccc1CN1CCOCC1)NCCN(C)C1CCCC1.I. The Morgan fingerprint density at radius 1 is 1.13 bits per heavy atom. The van der Waals surface area contributed by atoms with Crippen molar-refractivity contribution in [2.75, 3.05) is 53.0 Å². The molecular formula is C23H40IN5O. The number of hydrogen-bond donors (Lipinski definition) is 2. The van der Waals surface area contributed by atoms with Crippen molar-refractivity contribution in [3.8, 4) is 0 Å². The molecule has 1 aromatic carbocycles. The number of guanidine groups is 1. The Labute approximate surface area is 199 Å². The number of ether oxygens (including phenoxy) is 1. The van der Waals surface area contributed by atoms with Gasteiger partial charge in [0.1, 0.15) is 0 Å². The minimum atomic E-state index is 0. The summed E-state index contributed by atoms with van der Waals surface area (Å²) in [6.07, 6.45) is 5.47. The van der Waals surface area contributed by atoms with Gasteiger partial charge in [-0.3, -0.25) is 4.90 Å². The summed E-state index contributed by atoms with van der Waals surface area (Å²) in [5.74, 6) is 0.911. The van der Waals surface area contributed by atoms with Crippen LogP contribution in [0.3, 0.4) is 0 Å². The Morgan fingerprint density at radius 2 is 1.83 bits per heavy atom. The number of nitrogens with zero attached hydrogens (tertiary/aromatic N) is 3. The highest BCUT2D eigenvalue weighted by molar-refractivity contribution is 14.0. The van der Waals surface area contributed by atoms with E-state index >= 15 is 0 Å². The molecule has 1 saturated carbocycles. The molecule has 170 valence electrons. The number of nitrogens with one attached hydrogen (secondary N) is 2. The van der Waals surface area contributed by atoms with Crippen molar-refractivity contribution < 1.29 is 4.74 Å². The number of rotatable bonds is 9. The molecule has 7 heteroatoms. The third-order valence-corrected chi connectivity index (χ3v) is 6.07. The fourth-order valence-corrected chi connectivity index (χ4v) is 4.25. The Hall–Kier alpha value is -0.900. The average Bonchev–Trinajstić information content (AvgIpc) is 3.29. The van der Waals surface area contributed by atoms with Crippen LogP contribution in [0.4, 0.5) is 0 Å². The van der Waals surface area contributed by atoms with Crippen molar-refractivity contribution in [1.29, 1.82) is 0 Å². The molecule has 0 atom stereocenters. The van der Waals surface area contributed by atoms with Crippen molar-refractivity contribution in [2.45, 2.75) is 51.7 Å². The fourth-order valence-electron chi connectivity index (χ4n) is 4.25. The molecule has 1 saturated heterocycles. The van der Waals surface area contributed by atoms with Gasteiger partial charge in [0.25, 0.3) is 0 Å². The number of likely N-dealkylation sites (N-methyl/N-ethyl adjacent to an activating group) is 1. The monoisotopic (exact) mass is 529 g/mol. The molecule has 0 amide bonds. The third kappa shape index (κ3) is 8.32. The van der Waals surface area contributed by atoms with Crippen LogP contribution in [0.2, 0.25) is 0 Å². The molecule has 6 nitrogen and oxygen atoms in total. The van der Waals surface area contributed by atoms with Crippen LogP contribution in [0.5, 0.6) is 0 Å². The summed E-state index contributed by atoms with van der Waals surface area (Å²) in [4.78, 5) is 9.83. The highest BCUT2D eigenvalue weighted by atomic mass is 127. The highest BCUT2D eigenvalue weighted by Crippen LogP contribution is 2.21. The molecule has 2 N–H and O–H groups in total. The first-order chi connectivity index (χ1) is 14.3. The molecule has 2 aliphatic rings. The van der Waals surface area contributed by atoms with E-state index in [1.54, 1.807) is 0 Å². The zero-order valence-electron chi connectivity index (χ0n) is 18.7. The highest BCUT2D eigenvalue weighted by Gasteiger charge is 2.19. The number of morpholine rings is 1. The van der Waals surface area contributed by atoms with Gasteiger partial charge in [0.05, 0.1) is 19.8 Å². The first-order valence-corrected chi connectivity index (χ1v) is 11.4. The standard InChI is InChI=1S/C23H39N5O.HI/c1-3-24-23(25-12-13-27(2)22-10-6-7-11-22)26-18-20-8-4-5-9-21(20)19-28-14-16-29-17-15-28;/h4-5,8-9,22H,3,6-7,10-19H2,1-2H3,(H2,24,25,26);1H. The Balaban J connectivity index is 0.00000320. The molecule has 3 rings (SSSR count). The molecule has 0 unspecified atom stereocenters. The van der Waals surface area contributed by atoms with Crippen molar-refractivity contribution in [1.82, 2.24) is 20.4 Å². The minimum absolute atomic E-state index is 0. The molecule has 0 bridgehead atoms. The zero-order chi connectivity index (χ0) is 20.3. The Bertz CT molecular complexity index is 630. The third-order valence-electron chi connectivity index (χ3n) is 6.07. The summed E-state index contributed by atoms with van der Waals surface area (Å²) in [6.45, 7) is 10.4. The summed E-state index contributed by atoms with van der Waals surface area (Å²) >= 11 is 0. The van der Waals surface area contributed by atoms with E-state index in [1.807, 2.05) is 0 Å². The maximum absolute atomic E-state index is 5.48. The van der Waals surface area contributed by atoms with Crippen LogP contribution in [0.25, 0.3) is 0 Å². The van der Waals surface area contributed by atoms with Gasteiger partial charge in [-0.1, -0.05) is 37.1 Å². The predicted octanol–water partition coefficient (Wildman–Crippen LogP) is 3.07. The van der Waals surface area contributed by atoms with Crippen LogP contribution in [-0.4, -0.2) is 74.8 Å².